The number of para-hydroxylation sites is 1. The Morgan fingerprint density at radius 1 is 1.03 bits per heavy atom. The van der Waals surface area contributed by atoms with Gasteiger partial charge in [0.05, 0.1) is 12.8 Å². The smallest absolute Gasteiger partial charge is 0.259 e. The van der Waals surface area contributed by atoms with E-state index in [9.17, 15) is 9.59 Å². The van der Waals surface area contributed by atoms with Gasteiger partial charge >= 0.3 is 0 Å². The molecular weight excluding hydrogens is 388 g/mol. The van der Waals surface area contributed by atoms with E-state index in [1.54, 1.807) is 47.4 Å². The molecule has 1 heterocycles. The van der Waals surface area contributed by atoms with Gasteiger partial charge in [0.15, 0.2) is 0 Å². The third-order valence-electron chi connectivity index (χ3n) is 4.94. The molecule has 4 rings (SSSR count). The minimum atomic E-state index is -0.677. The average Bonchev–Trinajstić information content (AvgIpc) is 3.14. The van der Waals surface area contributed by atoms with Gasteiger partial charge in [0.25, 0.3) is 5.91 Å². The zero-order valence-electron chi connectivity index (χ0n) is 15.8. The van der Waals surface area contributed by atoms with Gasteiger partial charge in [-0.05, 0) is 42.0 Å². The van der Waals surface area contributed by atoms with Crippen LogP contribution < -0.4 is 15.0 Å². The van der Waals surface area contributed by atoms with Gasteiger partial charge in [0.1, 0.15) is 11.8 Å². The topological polar surface area (TPSA) is 58.6 Å². The minimum Gasteiger partial charge on any atom is -0.495 e. The number of carbonyl (C=O) groups is 2. The van der Waals surface area contributed by atoms with E-state index in [1.165, 1.54) is 7.11 Å². The molecule has 1 aliphatic rings. The van der Waals surface area contributed by atoms with Crippen molar-refractivity contribution >= 4 is 34.8 Å². The summed E-state index contributed by atoms with van der Waals surface area (Å²) >= 11 is 6.08. The largest absolute Gasteiger partial charge is 0.495 e. The highest BCUT2D eigenvalue weighted by Gasteiger charge is 2.38. The van der Waals surface area contributed by atoms with Crippen LogP contribution in [0.5, 0.6) is 5.75 Å². The second-order valence-electron chi connectivity index (χ2n) is 6.72. The molecule has 1 aliphatic heterocycles. The van der Waals surface area contributed by atoms with Gasteiger partial charge in [-0.3, -0.25) is 14.5 Å². The summed E-state index contributed by atoms with van der Waals surface area (Å²) < 4.78 is 5.32. The predicted octanol–water partition coefficient (Wildman–Crippen LogP) is 4.56. The van der Waals surface area contributed by atoms with Gasteiger partial charge in [-0.25, -0.2) is 0 Å². The van der Waals surface area contributed by atoms with E-state index in [0.717, 1.165) is 11.3 Å². The number of nitrogens with one attached hydrogen (secondary N) is 1. The lowest BCUT2D eigenvalue weighted by Crippen LogP contribution is -2.45. The molecule has 0 spiro atoms. The number of anilines is 2. The Hall–Kier alpha value is -3.31. The molecule has 3 aromatic rings. The molecule has 0 saturated heterocycles. The van der Waals surface area contributed by atoms with Gasteiger partial charge in [-0.1, -0.05) is 48.0 Å². The Balaban J connectivity index is 1.68. The first-order chi connectivity index (χ1) is 14.1. The highest BCUT2D eigenvalue weighted by molar-refractivity contribution is 6.31. The molecule has 1 N–H and O–H groups in total. The van der Waals surface area contributed by atoms with E-state index in [4.69, 9.17) is 16.3 Å². The van der Waals surface area contributed by atoms with E-state index in [-0.39, 0.29) is 11.8 Å². The van der Waals surface area contributed by atoms with Crippen molar-refractivity contribution in [2.24, 2.45) is 0 Å². The molecule has 29 heavy (non-hydrogen) atoms. The number of halogens is 1. The summed E-state index contributed by atoms with van der Waals surface area (Å²) in [6.45, 7) is 0. The number of fused-ring (bicyclic) bond motifs is 1. The highest BCUT2D eigenvalue weighted by atomic mass is 35.5. The van der Waals surface area contributed by atoms with Crippen molar-refractivity contribution in [2.75, 3.05) is 17.3 Å². The Labute approximate surface area is 173 Å². The van der Waals surface area contributed by atoms with E-state index in [1.807, 2.05) is 30.3 Å². The number of rotatable bonds is 4. The normalized spacial score (nSPS) is 15.0. The Kier molecular flexibility index (Phi) is 5.23. The summed E-state index contributed by atoms with van der Waals surface area (Å²) in [5.74, 6) is -0.0148. The van der Waals surface area contributed by atoms with Gasteiger partial charge in [-0.2, -0.15) is 0 Å². The van der Waals surface area contributed by atoms with E-state index >= 15 is 0 Å². The number of ether oxygens (including phenoxy) is 1. The predicted molar refractivity (Wildman–Crippen MR) is 114 cm³/mol. The standard InChI is InChI=1S/C23H19ClN2O3/c1-29-21-12-11-17(24)14-18(21)25-22(27)20-13-16-9-5-6-10-19(16)26(20)23(28)15-7-3-2-4-8-15/h2-12,14,20H,13H2,1H3,(H,25,27)/t20-/m1/s1. The second kappa shape index (κ2) is 7.97. The molecule has 0 radical (unpaired) electrons. The van der Waals surface area contributed by atoms with Gasteiger partial charge in [-0.15, -0.1) is 0 Å². The quantitative estimate of drug-likeness (QED) is 0.691. The fraction of sp³-hybridized carbons (Fsp3) is 0.130. The van der Waals surface area contributed by atoms with Crippen molar-refractivity contribution in [3.05, 3.63) is 88.9 Å². The van der Waals surface area contributed by atoms with Crippen LogP contribution in [0.4, 0.5) is 11.4 Å². The lowest BCUT2D eigenvalue weighted by Gasteiger charge is -2.25. The first-order valence-corrected chi connectivity index (χ1v) is 9.57. The molecule has 1 atom stereocenters. The van der Waals surface area contributed by atoms with Crippen molar-refractivity contribution in [3.8, 4) is 5.75 Å². The van der Waals surface area contributed by atoms with Crippen LogP contribution >= 0.6 is 11.6 Å². The maximum atomic E-state index is 13.3. The van der Waals surface area contributed by atoms with Crippen LogP contribution in [0.3, 0.4) is 0 Å². The molecule has 5 nitrogen and oxygen atoms in total. The maximum absolute atomic E-state index is 13.3. The zero-order chi connectivity index (χ0) is 20.4. The first-order valence-electron chi connectivity index (χ1n) is 9.19. The summed E-state index contributed by atoms with van der Waals surface area (Å²) in [5, 5.41) is 3.35. The Morgan fingerprint density at radius 3 is 2.52 bits per heavy atom. The van der Waals surface area contributed by atoms with E-state index < -0.39 is 6.04 Å². The molecule has 0 aliphatic carbocycles. The summed E-state index contributed by atoms with van der Waals surface area (Å²) in [5.41, 5.74) is 2.70. The van der Waals surface area contributed by atoms with Crippen LogP contribution in [0, 0.1) is 0 Å². The fourth-order valence-electron chi connectivity index (χ4n) is 3.56. The van der Waals surface area contributed by atoms with Crippen molar-refractivity contribution < 1.29 is 14.3 Å². The van der Waals surface area contributed by atoms with Gasteiger partial charge < -0.3 is 10.1 Å². The number of benzene rings is 3. The number of methoxy groups -OCH3 is 1. The third-order valence-corrected chi connectivity index (χ3v) is 5.17. The van der Waals surface area contributed by atoms with E-state index in [2.05, 4.69) is 5.32 Å². The monoisotopic (exact) mass is 406 g/mol. The molecule has 2 amide bonds. The molecule has 0 aromatic heterocycles. The fourth-order valence-corrected chi connectivity index (χ4v) is 3.73. The SMILES string of the molecule is COc1ccc(Cl)cc1NC(=O)[C@H]1Cc2ccccc2N1C(=O)c1ccccc1. The van der Waals surface area contributed by atoms with Crippen molar-refractivity contribution in [1.82, 2.24) is 0 Å². The van der Waals surface area contributed by atoms with E-state index in [0.29, 0.717) is 28.4 Å². The lowest BCUT2D eigenvalue weighted by molar-refractivity contribution is -0.117. The van der Waals surface area contributed by atoms with Crippen LogP contribution in [0.25, 0.3) is 0 Å². The molecule has 3 aromatic carbocycles. The highest BCUT2D eigenvalue weighted by Crippen LogP contribution is 2.35. The number of amides is 2. The molecule has 0 saturated carbocycles. The summed E-state index contributed by atoms with van der Waals surface area (Å²) in [6, 6.07) is 20.9. The average molecular weight is 407 g/mol. The molecule has 6 heteroatoms. The number of nitrogens with zero attached hydrogens (tertiary/aromatic N) is 1. The zero-order valence-corrected chi connectivity index (χ0v) is 16.5. The summed E-state index contributed by atoms with van der Waals surface area (Å²) in [4.78, 5) is 28.0. The molecule has 0 unspecified atom stereocenters. The van der Waals surface area contributed by atoms with Gasteiger partial charge in [0.2, 0.25) is 5.91 Å². The van der Waals surface area contributed by atoms with Crippen LogP contribution in [-0.4, -0.2) is 25.0 Å². The van der Waals surface area contributed by atoms with Crippen molar-refractivity contribution in [1.29, 1.82) is 0 Å². The molecule has 0 fully saturated rings. The van der Waals surface area contributed by atoms with Crippen LogP contribution in [0.2, 0.25) is 5.02 Å². The molecule has 0 bridgehead atoms. The van der Waals surface area contributed by atoms with Crippen molar-refractivity contribution in [3.63, 3.8) is 0 Å². The summed E-state index contributed by atoms with van der Waals surface area (Å²) in [6.07, 6.45) is 0.434. The Morgan fingerprint density at radius 2 is 1.76 bits per heavy atom. The Bertz CT molecular complexity index is 1070. The molecule has 146 valence electrons. The van der Waals surface area contributed by atoms with Gasteiger partial charge in [0, 0.05) is 22.7 Å². The second-order valence-corrected chi connectivity index (χ2v) is 7.16. The number of hydrogen-bond donors (Lipinski definition) is 1. The number of hydrogen-bond acceptors (Lipinski definition) is 3. The minimum absolute atomic E-state index is 0.214. The first kappa shape index (κ1) is 19.0. The van der Waals surface area contributed by atoms with Crippen LogP contribution in [0.1, 0.15) is 15.9 Å². The van der Waals surface area contributed by atoms with Crippen molar-refractivity contribution in [2.45, 2.75) is 12.5 Å². The number of carbonyl (C=O) groups excluding carboxylic acids is 2. The molecular formula is C23H19ClN2O3. The third kappa shape index (κ3) is 3.69. The lowest BCUT2D eigenvalue weighted by atomic mass is 10.1. The van der Waals surface area contributed by atoms with Crippen LogP contribution in [0.15, 0.2) is 72.8 Å². The van der Waals surface area contributed by atoms with Crippen LogP contribution in [-0.2, 0) is 11.2 Å². The maximum Gasteiger partial charge on any atom is 0.259 e. The summed E-state index contributed by atoms with van der Waals surface area (Å²) in [7, 11) is 1.52.